The number of fused-ring (bicyclic) bond motifs is 1. The van der Waals surface area contributed by atoms with Gasteiger partial charge in [-0.1, -0.05) is 27.2 Å². The van der Waals surface area contributed by atoms with E-state index in [0.29, 0.717) is 43.0 Å². The van der Waals surface area contributed by atoms with E-state index in [0.717, 1.165) is 25.7 Å². The van der Waals surface area contributed by atoms with Gasteiger partial charge in [-0.25, -0.2) is 0 Å². The predicted octanol–water partition coefficient (Wildman–Crippen LogP) is 3.56. The molecule has 2 fully saturated rings. The molecule has 1 aliphatic heterocycles. The van der Waals surface area contributed by atoms with Crippen LogP contribution in [-0.4, -0.2) is 24.8 Å². The van der Waals surface area contributed by atoms with Crippen molar-refractivity contribution in [2.45, 2.75) is 71.5 Å². The van der Waals surface area contributed by atoms with Gasteiger partial charge in [-0.05, 0) is 43.4 Å². The fourth-order valence-electron chi connectivity index (χ4n) is 2.95. The molecule has 0 aromatic carbocycles. The van der Waals surface area contributed by atoms with Crippen molar-refractivity contribution in [2.24, 2.45) is 17.8 Å². The van der Waals surface area contributed by atoms with Crippen LogP contribution in [0.5, 0.6) is 0 Å². The molecule has 110 valence electrons. The van der Waals surface area contributed by atoms with E-state index in [-0.39, 0.29) is 5.97 Å². The lowest BCUT2D eigenvalue weighted by molar-refractivity contribution is -0.145. The summed E-state index contributed by atoms with van der Waals surface area (Å²) in [6.45, 7) is 7.29. The van der Waals surface area contributed by atoms with E-state index in [1.54, 1.807) is 0 Å². The summed E-state index contributed by atoms with van der Waals surface area (Å²) in [5, 5.41) is 0. The van der Waals surface area contributed by atoms with Crippen molar-refractivity contribution < 1.29 is 14.3 Å². The molecule has 0 N–H and O–H groups in total. The van der Waals surface area contributed by atoms with Crippen molar-refractivity contribution >= 4 is 5.97 Å². The van der Waals surface area contributed by atoms with Gasteiger partial charge < -0.3 is 9.47 Å². The summed E-state index contributed by atoms with van der Waals surface area (Å²) in [6, 6.07) is 0. The number of hydrogen-bond acceptors (Lipinski definition) is 3. The SMILES string of the molecule is CCC(C)C(C)CCC(=O)OCC1CCC2O[C@@H]2C1. The molecule has 0 aromatic heterocycles. The monoisotopic (exact) mass is 268 g/mol. The highest BCUT2D eigenvalue weighted by atomic mass is 16.6. The van der Waals surface area contributed by atoms with Crippen LogP contribution in [0.25, 0.3) is 0 Å². The average Bonchev–Trinajstić information content (AvgIpc) is 3.19. The van der Waals surface area contributed by atoms with Crippen LogP contribution in [0.3, 0.4) is 0 Å². The highest BCUT2D eigenvalue weighted by Gasteiger charge is 2.43. The fourth-order valence-corrected chi connectivity index (χ4v) is 2.95. The minimum Gasteiger partial charge on any atom is -0.465 e. The molecule has 0 spiro atoms. The zero-order chi connectivity index (χ0) is 13.8. The van der Waals surface area contributed by atoms with Crippen molar-refractivity contribution in [1.29, 1.82) is 0 Å². The van der Waals surface area contributed by atoms with Crippen LogP contribution in [0.4, 0.5) is 0 Å². The van der Waals surface area contributed by atoms with E-state index in [9.17, 15) is 4.79 Å². The van der Waals surface area contributed by atoms with Gasteiger partial charge in [0.1, 0.15) is 0 Å². The first kappa shape index (κ1) is 14.8. The molecular weight excluding hydrogens is 240 g/mol. The first-order valence-corrected chi connectivity index (χ1v) is 7.91. The van der Waals surface area contributed by atoms with Crippen LogP contribution in [0, 0.1) is 17.8 Å². The Labute approximate surface area is 117 Å². The number of rotatable bonds is 7. The van der Waals surface area contributed by atoms with Gasteiger partial charge in [0.15, 0.2) is 0 Å². The Morgan fingerprint density at radius 1 is 1.26 bits per heavy atom. The van der Waals surface area contributed by atoms with Crippen LogP contribution in [0.2, 0.25) is 0 Å². The van der Waals surface area contributed by atoms with Crippen molar-refractivity contribution in [3.05, 3.63) is 0 Å². The lowest BCUT2D eigenvalue weighted by Gasteiger charge is -2.20. The fraction of sp³-hybridized carbons (Fsp3) is 0.938. The first-order valence-electron chi connectivity index (χ1n) is 7.91. The van der Waals surface area contributed by atoms with Crippen LogP contribution in [-0.2, 0) is 14.3 Å². The average molecular weight is 268 g/mol. The third-order valence-corrected chi connectivity index (χ3v) is 5.01. The van der Waals surface area contributed by atoms with Gasteiger partial charge in [0.2, 0.25) is 0 Å². The van der Waals surface area contributed by atoms with E-state index in [1.165, 1.54) is 6.42 Å². The third-order valence-electron chi connectivity index (χ3n) is 5.01. The molecule has 2 aliphatic rings. The molecule has 0 aromatic rings. The summed E-state index contributed by atoms with van der Waals surface area (Å²) in [7, 11) is 0. The van der Waals surface area contributed by atoms with E-state index < -0.39 is 0 Å². The second-order valence-corrected chi connectivity index (χ2v) is 6.48. The molecule has 0 amide bonds. The van der Waals surface area contributed by atoms with Gasteiger partial charge in [-0.15, -0.1) is 0 Å². The van der Waals surface area contributed by atoms with E-state index >= 15 is 0 Å². The maximum Gasteiger partial charge on any atom is 0.305 e. The van der Waals surface area contributed by atoms with E-state index in [2.05, 4.69) is 20.8 Å². The summed E-state index contributed by atoms with van der Waals surface area (Å²) in [4.78, 5) is 11.7. The first-order chi connectivity index (χ1) is 9.10. The van der Waals surface area contributed by atoms with E-state index in [1.807, 2.05) is 0 Å². The summed E-state index contributed by atoms with van der Waals surface area (Å²) >= 11 is 0. The molecule has 1 saturated heterocycles. The lowest BCUT2D eigenvalue weighted by atomic mass is 9.89. The summed E-state index contributed by atoms with van der Waals surface area (Å²) in [6.07, 6.45) is 7.09. The summed E-state index contributed by atoms with van der Waals surface area (Å²) < 4.78 is 10.9. The molecular formula is C16H28O3. The smallest absolute Gasteiger partial charge is 0.305 e. The molecule has 1 heterocycles. The van der Waals surface area contributed by atoms with Gasteiger partial charge >= 0.3 is 5.97 Å². The van der Waals surface area contributed by atoms with Crippen LogP contribution in [0.15, 0.2) is 0 Å². The van der Waals surface area contributed by atoms with Crippen molar-refractivity contribution in [1.82, 2.24) is 0 Å². The standard InChI is InChI=1S/C16H28O3/c1-4-11(2)12(3)5-8-16(17)18-10-13-6-7-14-15(9-13)19-14/h11-15H,4-10H2,1-3H3/t11?,12?,13?,14?,15-/m1/s1. The summed E-state index contributed by atoms with van der Waals surface area (Å²) in [5.41, 5.74) is 0. The van der Waals surface area contributed by atoms with Crippen molar-refractivity contribution in [2.75, 3.05) is 6.61 Å². The molecule has 4 unspecified atom stereocenters. The largest absolute Gasteiger partial charge is 0.465 e. The Kier molecular flexibility index (Phi) is 5.26. The zero-order valence-electron chi connectivity index (χ0n) is 12.6. The minimum absolute atomic E-state index is 0.0195. The topological polar surface area (TPSA) is 38.8 Å². The Morgan fingerprint density at radius 3 is 2.74 bits per heavy atom. The third kappa shape index (κ3) is 4.48. The number of carbonyl (C=O) groups is 1. The van der Waals surface area contributed by atoms with Crippen molar-refractivity contribution in [3.63, 3.8) is 0 Å². The highest BCUT2D eigenvalue weighted by Crippen LogP contribution is 2.39. The van der Waals surface area contributed by atoms with Crippen LogP contribution in [0.1, 0.15) is 59.3 Å². The number of epoxide rings is 1. The second kappa shape index (κ2) is 6.74. The molecule has 1 aliphatic carbocycles. The Hall–Kier alpha value is -0.570. The van der Waals surface area contributed by atoms with Gasteiger partial charge in [0.25, 0.3) is 0 Å². The molecule has 1 saturated carbocycles. The molecule has 3 heteroatoms. The molecule has 0 radical (unpaired) electrons. The quantitative estimate of drug-likeness (QED) is 0.523. The van der Waals surface area contributed by atoms with Gasteiger partial charge in [0.05, 0.1) is 18.8 Å². The molecule has 0 bridgehead atoms. The van der Waals surface area contributed by atoms with Gasteiger partial charge in [-0.2, -0.15) is 0 Å². The maximum absolute atomic E-state index is 11.7. The normalized spacial score (nSPS) is 32.3. The zero-order valence-corrected chi connectivity index (χ0v) is 12.6. The Balaban J connectivity index is 1.56. The number of esters is 1. The Morgan fingerprint density at radius 2 is 2.05 bits per heavy atom. The highest BCUT2D eigenvalue weighted by molar-refractivity contribution is 5.69. The van der Waals surface area contributed by atoms with Crippen LogP contribution < -0.4 is 0 Å². The number of carbonyl (C=O) groups excluding carboxylic acids is 1. The second-order valence-electron chi connectivity index (χ2n) is 6.48. The molecule has 2 rings (SSSR count). The predicted molar refractivity (Wildman–Crippen MR) is 74.8 cm³/mol. The van der Waals surface area contributed by atoms with Gasteiger partial charge in [-0.3, -0.25) is 4.79 Å². The molecule has 5 atom stereocenters. The molecule has 3 nitrogen and oxygen atoms in total. The minimum atomic E-state index is -0.0195. The lowest BCUT2D eigenvalue weighted by Crippen LogP contribution is -2.20. The van der Waals surface area contributed by atoms with Crippen LogP contribution >= 0.6 is 0 Å². The molecule has 19 heavy (non-hydrogen) atoms. The van der Waals surface area contributed by atoms with Gasteiger partial charge in [0, 0.05) is 6.42 Å². The Bertz CT molecular complexity index is 302. The maximum atomic E-state index is 11.7. The number of hydrogen-bond donors (Lipinski definition) is 0. The summed E-state index contributed by atoms with van der Waals surface area (Å²) in [5.74, 6) is 1.80. The van der Waals surface area contributed by atoms with E-state index in [4.69, 9.17) is 9.47 Å². The van der Waals surface area contributed by atoms with Crippen molar-refractivity contribution in [3.8, 4) is 0 Å². The number of ether oxygens (including phenoxy) is 2.